The van der Waals surface area contributed by atoms with Gasteiger partial charge in [0.1, 0.15) is 11.2 Å². The van der Waals surface area contributed by atoms with E-state index in [4.69, 9.17) is 21.0 Å². The van der Waals surface area contributed by atoms with Gasteiger partial charge in [0.15, 0.2) is 11.4 Å². The molecule has 0 spiro atoms. The van der Waals surface area contributed by atoms with Crippen LogP contribution in [0.5, 0.6) is 0 Å². The molecule has 0 amide bonds. The lowest BCUT2D eigenvalue weighted by Crippen LogP contribution is -2.14. The molecule has 6 rings (SSSR count). The van der Waals surface area contributed by atoms with Crippen molar-refractivity contribution < 1.29 is 29.3 Å². The molecule has 52 heavy (non-hydrogen) atoms. The first-order valence-electron chi connectivity index (χ1n) is 15.6. The third-order valence-electron chi connectivity index (χ3n) is 6.94. The normalized spacial score (nSPS) is 10.6. The molecule has 0 bridgehead atoms. The predicted molar refractivity (Wildman–Crippen MR) is 208 cm³/mol. The monoisotopic (exact) mass is 764 g/mol. The first kappa shape index (κ1) is 40.7. The average molecular weight is 766 g/mol. The third-order valence-corrected chi connectivity index (χ3v) is 7.43. The highest BCUT2D eigenvalue weighted by molar-refractivity contribution is 9.10. The number of aliphatic hydroxyl groups is 2. The van der Waals surface area contributed by atoms with Gasteiger partial charge in [0.2, 0.25) is 0 Å². The van der Waals surface area contributed by atoms with E-state index in [0.29, 0.717) is 5.69 Å². The van der Waals surface area contributed by atoms with Crippen LogP contribution in [0.4, 0.5) is 0 Å². The van der Waals surface area contributed by atoms with E-state index < -0.39 is 23.1 Å². The molecule has 0 saturated heterocycles. The van der Waals surface area contributed by atoms with E-state index in [2.05, 4.69) is 43.9 Å². The van der Waals surface area contributed by atoms with Crippen LogP contribution in [0.3, 0.4) is 0 Å². The van der Waals surface area contributed by atoms with Crippen LogP contribution in [0.1, 0.15) is 61.7 Å². The number of hydrogen-bond donors (Lipinski definition) is 2. The van der Waals surface area contributed by atoms with Crippen LogP contribution in [-0.4, -0.2) is 67.1 Å². The summed E-state index contributed by atoms with van der Waals surface area (Å²) in [5.41, 5.74) is 2.67. The van der Waals surface area contributed by atoms with Gasteiger partial charge in [0.25, 0.3) is 0 Å². The summed E-state index contributed by atoms with van der Waals surface area (Å²) in [5.74, 6) is 6.98. The Morgan fingerprint density at radius 2 is 1.15 bits per heavy atom. The number of esters is 2. The number of aromatic nitrogens is 4. The van der Waals surface area contributed by atoms with E-state index in [1.54, 1.807) is 37.1 Å². The summed E-state index contributed by atoms with van der Waals surface area (Å²) >= 11 is 3.44. The van der Waals surface area contributed by atoms with E-state index >= 15 is 0 Å². The van der Waals surface area contributed by atoms with Gasteiger partial charge < -0.3 is 19.7 Å². The van der Waals surface area contributed by atoms with E-state index in [1.807, 2.05) is 97.1 Å². The maximum atomic E-state index is 12.0. The van der Waals surface area contributed by atoms with Crippen molar-refractivity contribution in [2.24, 2.45) is 0 Å². The maximum Gasteiger partial charge on any atom is 0.359 e. The number of halogens is 1. The minimum Gasteiger partial charge on any atom is -0.464 e. The van der Waals surface area contributed by atoms with Gasteiger partial charge in [-0.15, -0.1) is 6.42 Å². The molecule has 268 valence electrons. The molecule has 0 saturated carbocycles. The molecule has 0 aliphatic carbocycles. The molecule has 0 radical (unpaired) electrons. The van der Waals surface area contributed by atoms with Crippen molar-refractivity contribution in [2.45, 2.75) is 46.3 Å². The Morgan fingerprint density at radius 3 is 1.58 bits per heavy atom. The molecule has 0 aliphatic heterocycles. The highest BCUT2D eigenvalue weighted by Crippen LogP contribution is 2.25. The third kappa shape index (κ3) is 10.4. The molecule has 0 atom stereocenters. The lowest BCUT2D eigenvalue weighted by atomic mass is 10.1. The molecule has 6 aromatic rings. The summed E-state index contributed by atoms with van der Waals surface area (Å²) in [7, 11) is 2.69. The van der Waals surface area contributed by atoms with Gasteiger partial charge in [-0.1, -0.05) is 89.6 Å². The van der Waals surface area contributed by atoms with E-state index in [1.165, 1.54) is 14.2 Å². The number of rotatable bonds is 4. The molecular weight excluding hydrogens is 724 g/mol. The number of para-hydroxylation sites is 2. The zero-order valence-corrected chi connectivity index (χ0v) is 30.6. The van der Waals surface area contributed by atoms with Crippen LogP contribution < -0.4 is 0 Å². The van der Waals surface area contributed by atoms with Gasteiger partial charge >= 0.3 is 11.9 Å². The van der Waals surface area contributed by atoms with Gasteiger partial charge in [-0.05, 0) is 76.2 Å². The Bertz CT molecular complexity index is 2290. The number of carbonyl (C=O) groups is 2. The van der Waals surface area contributed by atoms with Crippen molar-refractivity contribution in [3.63, 3.8) is 0 Å². The molecule has 4 aromatic carbocycles. The van der Waals surface area contributed by atoms with Crippen molar-refractivity contribution in [2.75, 3.05) is 14.2 Å². The highest BCUT2D eigenvalue weighted by atomic mass is 79.9. The van der Waals surface area contributed by atoms with Crippen LogP contribution in [0.15, 0.2) is 102 Å². The van der Waals surface area contributed by atoms with Crippen molar-refractivity contribution >= 4 is 49.7 Å². The summed E-state index contributed by atoms with van der Waals surface area (Å²) in [6, 6.07) is 30.3. The summed E-state index contributed by atoms with van der Waals surface area (Å²) in [6.45, 7) is 6.39. The SMILES string of the molecule is C.C#CC(C)(C)O.COC(=O)c1nn(-c2cccc(Br)c2)c2ccccc12.COC(=O)c1nn(-c2cccc(C#CC(C)(C)O)c2)c2ccccc12. The Balaban J connectivity index is 0.000000242. The van der Waals surface area contributed by atoms with Gasteiger partial charge in [-0.25, -0.2) is 19.0 Å². The van der Waals surface area contributed by atoms with Crippen molar-refractivity contribution in [1.29, 1.82) is 0 Å². The Kier molecular flexibility index (Phi) is 13.7. The molecule has 2 heterocycles. The fourth-order valence-electron chi connectivity index (χ4n) is 4.57. The molecule has 10 nitrogen and oxygen atoms in total. The Labute approximate surface area is 312 Å². The molecule has 11 heteroatoms. The van der Waals surface area contributed by atoms with Crippen LogP contribution in [0.25, 0.3) is 33.2 Å². The number of benzene rings is 4. The largest absolute Gasteiger partial charge is 0.464 e. The van der Waals surface area contributed by atoms with Gasteiger partial charge in [-0.3, -0.25) is 0 Å². The fraction of sp³-hybridized carbons (Fsp3) is 0.220. The first-order valence-corrected chi connectivity index (χ1v) is 16.4. The second-order valence-corrected chi connectivity index (χ2v) is 13.0. The summed E-state index contributed by atoms with van der Waals surface area (Å²) in [4.78, 5) is 23.8. The number of nitrogens with zero attached hydrogens (tertiary/aromatic N) is 4. The fourth-order valence-corrected chi connectivity index (χ4v) is 4.96. The number of fused-ring (bicyclic) bond motifs is 2. The highest BCUT2D eigenvalue weighted by Gasteiger charge is 2.19. The van der Waals surface area contributed by atoms with E-state index in [9.17, 15) is 14.7 Å². The molecule has 2 aromatic heterocycles. The molecule has 0 fully saturated rings. The number of ether oxygens (including phenoxy) is 2. The van der Waals surface area contributed by atoms with Crippen molar-refractivity contribution in [3.8, 4) is 35.6 Å². The summed E-state index contributed by atoms with van der Waals surface area (Å²) < 4.78 is 14.0. The second-order valence-electron chi connectivity index (χ2n) is 12.1. The summed E-state index contributed by atoms with van der Waals surface area (Å²) in [5, 5.41) is 28.7. The number of carbonyl (C=O) groups excluding carboxylic acids is 2. The lowest BCUT2D eigenvalue weighted by molar-refractivity contribution is 0.0587. The average Bonchev–Trinajstić information content (AvgIpc) is 3.70. The van der Waals surface area contributed by atoms with E-state index in [-0.39, 0.29) is 13.1 Å². The zero-order chi connectivity index (χ0) is 37.3. The smallest absolute Gasteiger partial charge is 0.359 e. The first-order chi connectivity index (χ1) is 24.2. The minimum atomic E-state index is -1.06. The number of methoxy groups -OCH3 is 2. The molecule has 2 N–H and O–H groups in total. The van der Waals surface area contributed by atoms with Crippen LogP contribution in [0, 0.1) is 24.2 Å². The van der Waals surface area contributed by atoms with Gasteiger partial charge in [-0.2, -0.15) is 10.2 Å². The van der Waals surface area contributed by atoms with Crippen molar-refractivity contribution in [1.82, 2.24) is 19.6 Å². The topological polar surface area (TPSA) is 129 Å². The van der Waals surface area contributed by atoms with Crippen molar-refractivity contribution in [3.05, 3.63) is 118 Å². The zero-order valence-electron chi connectivity index (χ0n) is 29.0. The molecular formula is C41H41BrN4O6. The Hall–Kier alpha value is -5.72. The molecule has 0 aliphatic rings. The van der Waals surface area contributed by atoms with Crippen LogP contribution >= 0.6 is 15.9 Å². The lowest BCUT2D eigenvalue weighted by Gasteiger charge is -2.07. The quantitative estimate of drug-likeness (QED) is 0.139. The van der Waals surface area contributed by atoms with E-state index in [0.717, 1.165) is 43.2 Å². The number of terminal acetylenes is 1. The predicted octanol–water partition coefficient (Wildman–Crippen LogP) is 7.54. The van der Waals surface area contributed by atoms with Crippen LogP contribution in [-0.2, 0) is 9.47 Å². The molecule has 0 unspecified atom stereocenters. The van der Waals surface area contributed by atoms with Gasteiger partial charge in [0.05, 0.1) is 36.6 Å². The second kappa shape index (κ2) is 17.5. The minimum absolute atomic E-state index is 0. The Morgan fingerprint density at radius 1 is 0.712 bits per heavy atom. The maximum absolute atomic E-state index is 12.0. The standard InChI is InChI=1S/C20H18N2O3.C15H11BrN2O2.C5H8O.CH4/c1-20(2,24)12-11-14-7-6-8-15(13-14)22-17-10-5-4-9-16(17)18(21-22)19(23)25-3;1-20-15(19)14-12-7-2-3-8-13(12)18(17-14)11-6-4-5-10(16)9-11;1-4-5(2,3)6;/h4-10,13,24H,1-3H3;2-9H,1H3;1,6H,2-3H3;1H4. The summed E-state index contributed by atoms with van der Waals surface area (Å²) in [6.07, 6.45) is 4.81. The number of hydrogen-bond acceptors (Lipinski definition) is 8. The van der Waals surface area contributed by atoms with Crippen LogP contribution in [0.2, 0.25) is 0 Å². The van der Waals surface area contributed by atoms with Gasteiger partial charge in [0, 0.05) is 20.8 Å².